The van der Waals surface area contributed by atoms with Crippen LogP contribution in [0.3, 0.4) is 0 Å². The molecule has 25 heavy (non-hydrogen) atoms. The predicted octanol–water partition coefficient (Wildman–Crippen LogP) is 2.62. The molecule has 6 heteroatoms. The van der Waals surface area contributed by atoms with Crippen molar-refractivity contribution in [2.24, 2.45) is 5.92 Å². The van der Waals surface area contributed by atoms with E-state index in [1.165, 1.54) is 0 Å². The molecule has 3 heterocycles. The molecule has 0 unspecified atom stereocenters. The molecule has 2 aliphatic rings. The molecule has 1 aromatic heterocycles. The Bertz CT molecular complexity index is 552. The number of hydrogen-bond donors (Lipinski definition) is 1. The smallest absolute Gasteiger partial charge is 0.317 e. The number of likely N-dealkylation sites (tertiary alicyclic amines) is 2. The minimum Gasteiger partial charge on any atom is -0.465 e. The molecule has 0 saturated carbocycles. The number of urea groups is 1. The summed E-state index contributed by atoms with van der Waals surface area (Å²) in [5.74, 6) is 2.59. The zero-order valence-corrected chi connectivity index (χ0v) is 15.5. The molecule has 2 aliphatic heterocycles. The molecule has 6 nitrogen and oxygen atoms in total. The molecule has 1 atom stereocenters. The van der Waals surface area contributed by atoms with Gasteiger partial charge < -0.3 is 19.4 Å². The van der Waals surface area contributed by atoms with Gasteiger partial charge in [0, 0.05) is 20.2 Å². The molecule has 2 amide bonds. The molecule has 0 spiro atoms. The number of hydrogen-bond acceptors (Lipinski definition) is 4. The molecule has 0 radical (unpaired) electrons. The van der Waals surface area contributed by atoms with Crippen molar-refractivity contribution in [2.45, 2.75) is 45.2 Å². The van der Waals surface area contributed by atoms with Crippen LogP contribution in [-0.2, 0) is 11.3 Å². The summed E-state index contributed by atoms with van der Waals surface area (Å²) in [6, 6.07) is 4.40. The van der Waals surface area contributed by atoms with Gasteiger partial charge in [-0.2, -0.15) is 0 Å². The van der Waals surface area contributed by atoms with E-state index in [2.05, 4.69) is 16.3 Å². The number of piperidine rings is 1. The van der Waals surface area contributed by atoms with E-state index in [4.69, 9.17) is 9.15 Å². The number of aryl methyl sites for hydroxylation is 1. The van der Waals surface area contributed by atoms with Crippen LogP contribution in [0.15, 0.2) is 16.5 Å². The van der Waals surface area contributed by atoms with Gasteiger partial charge in [0.2, 0.25) is 0 Å². The van der Waals surface area contributed by atoms with Crippen LogP contribution < -0.4 is 5.32 Å². The van der Waals surface area contributed by atoms with Crippen LogP contribution in [-0.4, -0.2) is 61.8 Å². The molecule has 0 aromatic carbocycles. The number of rotatable bonds is 6. The first kappa shape index (κ1) is 18.3. The lowest BCUT2D eigenvalue weighted by Crippen LogP contribution is -2.46. The monoisotopic (exact) mass is 349 g/mol. The van der Waals surface area contributed by atoms with E-state index in [1.807, 2.05) is 17.9 Å². The Kier molecular flexibility index (Phi) is 6.37. The van der Waals surface area contributed by atoms with Crippen molar-refractivity contribution in [3.05, 3.63) is 23.7 Å². The highest BCUT2D eigenvalue weighted by atomic mass is 16.5. The van der Waals surface area contributed by atoms with Crippen molar-refractivity contribution in [2.75, 3.05) is 39.9 Å². The van der Waals surface area contributed by atoms with E-state index < -0.39 is 0 Å². The zero-order valence-electron chi connectivity index (χ0n) is 15.5. The van der Waals surface area contributed by atoms with Gasteiger partial charge in [0.05, 0.1) is 19.2 Å². The van der Waals surface area contributed by atoms with Crippen LogP contribution in [0.25, 0.3) is 0 Å². The van der Waals surface area contributed by atoms with Crippen LogP contribution in [0, 0.1) is 12.8 Å². The Morgan fingerprint density at radius 2 is 2.08 bits per heavy atom. The normalized spacial score (nSPS) is 22.5. The second-order valence-corrected chi connectivity index (χ2v) is 7.36. The van der Waals surface area contributed by atoms with Crippen LogP contribution in [0.5, 0.6) is 0 Å². The highest BCUT2D eigenvalue weighted by molar-refractivity contribution is 5.74. The Morgan fingerprint density at radius 3 is 2.76 bits per heavy atom. The van der Waals surface area contributed by atoms with E-state index >= 15 is 0 Å². The average molecular weight is 349 g/mol. The summed E-state index contributed by atoms with van der Waals surface area (Å²) in [4.78, 5) is 16.8. The largest absolute Gasteiger partial charge is 0.465 e. The third-order valence-corrected chi connectivity index (χ3v) is 5.42. The van der Waals surface area contributed by atoms with E-state index in [0.717, 1.165) is 69.9 Å². The minimum atomic E-state index is 0.0769. The zero-order chi connectivity index (χ0) is 17.6. The molecular weight excluding hydrogens is 318 g/mol. The van der Waals surface area contributed by atoms with Crippen LogP contribution in [0.2, 0.25) is 0 Å². The summed E-state index contributed by atoms with van der Waals surface area (Å²) >= 11 is 0. The van der Waals surface area contributed by atoms with Gasteiger partial charge in [-0.3, -0.25) is 4.90 Å². The lowest BCUT2D eigenvalue weighted by atomic mass is 9.97. The summed E-state index contributed by atoms with van der Waals surface area (Å²) < 4.78 is 10.9. The number of carbonyl (C=O) groups excluding carboxylic acids is 1. The lowest BCUT2D eigenvalue weighted by molar-refractivity contribution is 0.121. The first-order chi connectivity index (χ1) is 12.2. The highest BCUT2D eigenvalue weighted by Gasteiger charge is 2.29. The van der Waals surface area contributed by atoms with Crippen molar-refractivity contribution in [3.8, 4) is 0 Å². The van der Waals surface area contributed by atoms with Gasteiger partial charge >= 0.3 is 6.03 Å². The Hall–Kier alpha value is -1.53. The van der Waals surface area contributed by atoms with Gasteiger partial charge in [-0.25, -0.2) is 4.79 Å². The topological polar surface area (TPSA) is 58.0 Å². The van der Waals surface area contributed by atoms with Gasteiger partial charge in [-0.05, 0) is 63.7 Å². The molecule has 2 saturated heterocycles. The number of furan rings is 1. The number of methoxy groups -OCH3 is 1. The Balaban J connectivity index is 1.37. The SMILES string of the molecule is COC[C@@H]1CCCN1C(=O)NCC1CCN(Cc2ccc(C)o2)CC1. The first-order valence-corrected chi connectivity index (χ1v) is 9.47. The standard InChI is InChI=1S/C19H31N3O3/c1-15-5-6-18(25-15)13-21-10-7-16(8-11-21)12-20-19(23)22-9-3-4-17(22)14-24-2/h5-6,16-17H,3-4,7-14H2,1-2H3,(H,20,23)/t17-/m0/s1. The third-order valence-electron chi connectivity index (χ3n) is 5.42. The fourth-order valence-electron chi connectivity index (χ4n) is 3.94. The minimum absolute atomic E-state index is 0.0769. The van der Waals surface area contributed by atoms with E-state index in [9.17, 15) is 4.79 Å². The van der Waals surface area contributed by atoms with E-state index in [0.29, 0.717) is 12.5 Å². The van der Waals surface area contributed by atoms with Gasteiger partial charge in [-0.1, -0.05) is 0 Å². The van der Waals surface area contributed by atoms with Crippen molar-refractivity contribution < 1.29 is 13.9 Å². The first-order valence-electron chi connectivity index (χ1n) is 9.47. The average Bonchev–Trinajstić information content (AvgIpc) is 3.23. The van der Waals surface area contributed by atoms with E-state index in [1.54, 1.807) is 7.11 Å². The summed E-state index contributed by atoms with van der Waals surface area (Å²) in [7, 11) is 1.70. The maximum absolute atomic E-state index is 12.4. The Labute approximate surface area is 150 Å². The maximum Gasteiger partial charge on any atom is 0.317 e. The Morgan fingerprint density at radius 1 is 1.28 bits per heavy atom. The van der Waals surface area contributed by atoms with Crippen molar-refractivity contribution in [1.82, 2.24) is 15.1 Å². The van der Waals surface area contributed by atoms with Gasteiger partial charge in [0.25, 0.3) is 0 Å². The predicted molar refractivity (Wildman–Crippen MR) is 96.4 cm³/mol. The fourth-order valence-corrected chi connectivity index (χ4v) is 3.94. The van der Waals surface area contributed by atoms with Gasteiger partial charge in [-0.15, -0.1) is 0 Å². The molecule has 3 rings (SSSR count). The van der Waals surface area contributed by atoms with Crippen molar-refractivity contribution in [3.63, 3.8) is 0 Å². The molecule has 1 N–H and O–H groups in total. The van der Waals surface area contributed by atoms with Crippen molar-refractivity contribution in [1.29, 1.82) is 0 Å². The number of ether oxygens (including phenoxy) is 1. The highest BCUT2D eigenvalue weighted by Crippen LogP contribution is 2.20. The number of carbonyl (C=O) groups is 1. The van der Waals surface area contributed by atoms with Gasteiger partial charge in [0.15, 0.2) is 0 Å². The molecule has 2 fully saturated rings. The van der Waals surface area contributed by atoms with E-state index in [-0.39, 0.29) is 12.1 Å². The molecule has 0 aliphatic carbocycles. The fraction of sp³-hybridized carbons (Fsp3) is 0.737. The van der Waals surface area contributed by atoms with Crippen LogP contribution >= 0.6 is 0 Å². The summed E-state index contributed by atoms with van der Waals surface area (Å²) in [5, 5.41) is 3.14. The number of nitrogens with one attached hydrogen (secondary N) is 1. The number of amides is 2. The molecule has 140 valence electrons. The third kappa shape index (κ3) is 4.98. The van der Waals surface area contributed by atoms with Crippen LogP contribution in [0.4, 0.5) is 4.79 Å². The number of nitrogens with zero attached hydrogens (tertiary/aromatic N) is 2. The molecular formula is C19H31N3O3. The maximum atomic E-state index is 12.4. The summed E-state index contributed by atoms with van der Waals surface area (Å²) in [6.45, 7) is 7.27. The summed E-state index contributed by atoms with van der Waals surface area (Å²) in [5.41, 5.74) is 0. The quantitative estimate of drug-likeness (QED) is 0.858. The molecule has 1 aromatic rings. The summed E-state index contributed by atoms with van der Waals surface area (Å²) in [6.07, 6.45) is 4.38. The second kappa shape index (κ2) is 8.72. The lowest BCUT2D eigenvalue weighted by Gasteiger charge is -2.32. The van der Waals surface area contributed by atoms with Gasteiger partial charge in [0.1, 0.15) is 11.5 Å². The molecule has 0 bridgehead atoms. The van der Waals surface area contributed by atoms with Crippen LogP contribution in [0.1, 0.15) is 37.2 Å². The van der Waals surface area contributed by atoms with Crippen molar-refractivity contribution >= 4 is 6.03 Å². The second-order valence-electron chi connectivity index (χ2n) is 7.36.